The molecule has 0 unspecified atom stereocenters. The number of amides is 1. The summed E-state index contributed by atoms with van der Waals surface area (Å²) in [4.78, 5) is 18.7. The molecule has 0 saturated heterocycles. The molecule has 0 bridgehead atoms. The van der Waals surface area contributed by atoms with E-state index in [-0.39, 0.29) is 5.56 Å². The van der Waals surface area contributed by atoms with Crippen molar-refractivity contribution in [1.82, 2.24) is 9.97 Å². The molecule has 1 aromatic carbocycles. The van der Waals surface area contributed by atoms with Crippen LogP contribution in [0.1, 0.15) is 16.1 Å². The standard InChI is InChI=1S/C13H10F3N3O2/c1-21-9-4-2-8(3-5-9)11(20)19-12-17-7-6-10(18-12)13(14,15)16/h2-7H,1H3,(H,17,18,19,20). The number of rotatable bonds is 3. The molecule has 1 N–H and O–H groups in total. The van der Waals surface area contributed by atoms with Gasteiger partial charge < -0.3 is 4.74 Å². The number of halogens is 3. The number of ether oxygens (including phenoxy) is 1. The zero-order valence-corrected chi connectivity index (χ0v) is 10.8. The van der Waals surface area contributed by atoms with E-state index in [2.05, 4.69) is 15.3 Å². The van der Waals surface area contributed by atoms with Crippen LogP contribution >= 0.6 is 0 Å². The summed E-state index contributed by atoms with van der Waals surface area (Å²) in [6.07, 6.45) is -3.66. The highest BCUT2D eigenvalue weighted by molar-refractivity contribution is 6.03. The molecule has 1 amide bonds. The summed E-state index contributed by atoms with van der Waals surface area (Å²) in [5, 5.41) is 2.21. The van der Waals surface area contributed by atoms with E-state index in [1.807, 2.05) is 0 Å². The van der Waals surface area contributed by atoms with E-state index in [1.54, 1.807) is 12.1 Å². The Morgan fingerprint density at radius 1 is 1.19 bits per heavy atom. The van der Waals surface area contributed by atoms with Crippen LogP contribution in [0.25, 0.3) is 0 Å². The van der Waals surface area contributed by atoms with Crippen molar-refractivity contribution in [3.63, 3.8) is 0 Å². The van der Waals surface area contributed by atoms with Crippen LogP contribution in [0.15, 0.2) is 36.5 Å². The van der Waals surface area contributed by atoms with Crippen LogP contribution in [-0.2, 0) is 6.18 Å². The number of carbonyl (C=O) groups excluding carboxylic acids is 1. The molecule has 0 fully saturated rings. The number of methoxy groups -OCH3 is 1. The van der Waals surface area contributed by atoms with E-state index >= 15 is 0 Å². The number of hydrogen-bond donors (Lipinski definition) is 1. The zero-order chi connectivity index (χ0) is 15.5. The maximum absolute atomic E-state index is 12.5. The summed E-state index contributed by atoms with van der Waals surface area (Å²) in [6.45, 7) is 0. The van der Waals surface area contributed by atoms with E-state index in [0.29, 0.717) is 5.75 Å². The largest absolute Gasteiger partial charge is 0.497 e. The van der Waals surface area contributed by atoms with Gasteiger partial charge in [-0.15, -0.1) is 0 Å². The normalized spacial score (nSPS) is 11.0. The van der Waals surface area contributed by atoms with Gasteiger partial charge in [-0.2, -0.15) is 13.2 Å². The van der Waals surface area contributed by atoms with Gasteiger partial charge in [-0.3, -0.25) is 10.1 Å². The van der Waals surface area contributed by atoms with Gasteiger partial charge in [0.15, 0.2) is 0 Å². The molecule has 1 heterocycles. The Hall–Kier alpha value is -2.64. The maximum atomic E-state index is 12.5. The molecule has 0 atom stereocenters. The van der Waals surface area contributed by atoms with E-state index in [9.17, 15) is 18.0 Å². The van der Waals surface area contributed by atoms with Crippen LogP contribution in [0.2, 0.25) is 0 Å². The smallest absolute Gasteiger partial charge is 0.433 e. The number of anilines is 1. The van der Waals surface area contributed by atoms with Gasteiger partial charge in [0.2, 0.25) is 5.95 Å². The van der Waals surface area contributed by atoms with Crippen molar-refractivity contribution in [3.8, 4) is 5.75 Å². The fraction of sp³-hybridized carbons (Fsp3) is 0.154. The summed E-state index contributed by atoms with van der Waals surface area (Å²) in [5.41, 5.74) is -0.876. The van der Waals surface area contributed by atoms with Crippen molar-refractivity contribution in [2.75, 3.05) is 12.4 Å². The van der Waals surface area contributed by atoms with Crippen LogP contribution < -0.4 is 10.1 Å². The SMILES string of the molecule is COc1ccc(C(=O)Nc2nccc(C(F)(F)F)n2)cc1. The minimum Gasteiger partial charge on any atom is -0.497 e. The van der Waals surface area contributed by atoms with Crippen LogP contribution in [0.5, 0.6) is 5.75 Å². The second-order valence-electron chi connectivity index (χ2n) is 3.95. The number of carbonyl (C=O) groups is 1. The Balaban J connectivity index is 2.15. The molecule has 0 radical (unpaired) electrons. The van der Waals surface area contributed by atoms with Gasteiger partial charge in [0.05, 0.1) is 7.11 Å². The van der Waals surface area contributed by atoms with E-state index in [4.69, 9.17) is 4.74 Å². The summed E-state index contributed by atoms with van der Waals surface area (Å²) in [6, 6.07) is 6.79. The first-order valence-corrected chi connectivity index (χ1v) is 5.76. The van der Waals surface area contributed by atoms with Gasteiger partial charge >= 0.3 is 6.18 Å². The molecule has 21 heavy (non-hydrogen) atoms. The first-order chi connectivity index (χ1) is 9.90. The molecule has 0 aliphatic carbocycles. The minimum atomic E-state index is -4.59. The Kier molecular flexibility index (Phi) is 4.06. The van der Waals surface area contributed by atoms with Crippen molar-refractivity contribution >= 4 is 11.9 Å². The number of nitrogens with zero attached hydrogens (tertiary/aromatic N) is 2. The second-order valence-corrected chi connectivity index (χ2v) is 3.95. The maximum Gasteiger partial charge on any atom is 0.433 e. The highest BCUT2D eigenvalue weighted by atomic mass is 19.4. The third-order valence-corrected chi connectivity index (χ3v) is 2.52. The highest BCUT2D eigenvalue weighted by Crippen LogP contribution is 2.27. The number of alkyl halides is 3. The highest BCUT2D eigenvalue weighted by Gasteiger charge is 2.32. The van der Waals surface area contributed by atoms with Gasteiger partial charge in [0, 0.05) is 11.8 Å². The predicted molar refractivity (Wildman–Crippen MR) is 68.0 cm³/mol. The van der Waals surface area contributed by atoms with E-state index < -0.39 is 23.7 Å². The topological polar surface area (TPSA) is 64.1 Å². The molecule has 110 valence electrons. The Morgan fingerprint density at radius 2 is 1.86 bits per heavy atom. The molecule has 1 aromatic heterocycles. The van der Waals surface area contributed by atoms with Crippen molar-refractivity contribution in [2.45, 2.75) is 6.18 Å². The molecular weight excluding hydrogens is 287 g/mol. The zero-order valence-electron chi connectivity index (χ0n) is 10.8. The summed E-state index contributed by atoms with van der Waals surface area (Å²) < 4.78 is 42.4. The molecule has 0 spiro atoms. The van der Waals surface area contributed by atoms with Crippen LogP contribution in [-0.4, -0.2) is 23.0 Å². The van der Waals surface area contributed by atoms with Gasteiger partial charge in [0.1, 0.15) is 11.4 Å². The molecule has 2 rings (SSSR count). The molecule has 0 aliphatic heterocycles. The van der Waals surface area contributed by atoms with Crippen molar-refractivity contribution < 1.29 is 22.7 Å². The molecule has 0 saturated carbocycles. The lowest BCUT2D eigenvalue weighted by molar-refractivity contribution is -0.141. The average Bonchev–Trinajstić information content (AvgIpc) is 2.47. The van der Waals surface area contributed by atoms with Gasteiger partial charge in [-0.25, -0.2) is 9.97 Å². The summed E-state index contributed by atoms with van der Waals surface area (Å²) >= 11 is 0. The van der Waals surface area contributed by atoms with Crippen molar-refractivity contribution in [1.29, 1.82) is 0 Å². The van der Waals surface area contributed by atoms with Crippen molar-refractivity contribution in [3.05, 3.63) is 47.8 Å². The van der Waals surface area contributed by atoms with E-state index in [0.717, 1.165) is 12.3 Å². The van der Waals surface area contributed by atoms with Crippen molar-refractivity contribution in [2.24, 2.45) is 0 Å². The molecular formula is C13H10F3N3O2. The predicted octanol–water partition coefficient (Wildman–Crippen LogP) is 2.76. The fourth-order valence-electron chi connectivity index (χ4n) is 1.49. The van der Waals surface area contributed by atoms with Gasteiger partial charge in [0.25, 0.3) is 5.91 Å². The second kappa shape index (κ2) is 5.78. The number of aromatic nitrogens is 2. The minimum absolute atomic E-state index is 0.247. The lowest BCUT2D eigenvalue weighted by Gasteiger charge is -2.08. The lowest BCUT2D eigenvalue weighted by Crippen LogP contribution is -2.16. The lowest BCUT2D eigenvalue weighted by atomic mass is 10.2. The van der Waals surface area contributed by atoms with E-state index in [1.165, 1.54) is 19.2 Å². The number of nitrogens with one attached hydrogen (secondary N) is 1. The first-order valence-electron chi connectivity index (χ1n) is 5.76. The number of benzene rings is 1. The Labute approximate surface area is 117 Å². The van der Waals surface area contributed by atoms with Crippen LogP contribution in [0.3, 0.4) is 0 Å². The molecule has 0 aliphatic rings. The van der Waals surface area contributed by atoms with Gasteiger partial charge in [-0.05, 0) is 30.3 Å². The van der Waals surface area contributed by atoms with Crippen LogP contribution in [0.4, 0.5) is 19.1 Å². The first kappa shape index (κ1) is 14.8. The Morgan fingerprint density at radius 3 is 2.43 bits per heavy atom. The molecule has 8 heteroatoms. The summed E-state index contributed by atoms with van der Waals surface area (Å²) in [5.74, 6) is -0.468. The summed E-state index contributed by atoms with van der Waals surface area (Å²) in [7, 11) is 1.48. The van der Waals surface area contributed by atoms with Crippen LogP contribution in [0, 0.1) is 0 Å². The monoisotopic (exact) mass is 297 g/mol. The van der Waals surface area contributed by atoms with Gasteiger partial charge in [-0.1, -0.05) is 0 Å². The molecule has 5 nitrogen and oxygen atoms in total. The number of hydrogen-bond acceptors (Lipinski definition) is 4. The molecule has 2 aromatic rings. The fourth-order valence-corrected chi connectivity index (χ4v) is 1.49. The third kappa shape index (κ3) is 3.68. The third-order valence-electron chi connectivity index (χ3n) is 2.52. The quantitative estimate of drug-likeness (QED) is 0.946. The Bertz CT molecular complexity index is 642. The average molecular weight is 297 g/mol.